The van der Waals surface area contributed by atoms with Crippen LogP contribution >= 0.6 is 22.9 Å². The summed E-state index contributed by atoms with van der Waals surface area (Å²) in [7, 11) is 0. The van der Waals surface area contributed by atoms with Crippen molar-refractivity contribution >= 4 is 28.6 Å². The van der Waals surface area contributed by atoms with Gasteiger partial charge in [0.05, 0.1) is 17.4 Å². The van der Waals surface area contributed by atoms with Crippen molar-refractivity contribution in [3.8, 4) is 11.6 Å². The lowest BCUT2D eigenvalue weighted by Crippen LogP contribution is -2.33. The molecule has 9 heteroatoms. The van der Waals surface area contributed by atoms with Crippen molar-refractivity contribution in [1.29, 1.82) is 0 Å². The number of hydrogen-bond donors (Lipinski definition) is 3. The summed E-state index contributed by atoms with van der Waals surface area (Å²) in [6.07, 6.45) is 0.426. The van der Waals surface area contributed by atoms with Gasteiger partial charge in [-0.3, -0.25) is 9.78 Å². The lowest BCUT2D eigenvalue weighted by molar-refractivity contribution is 0.429. The molecule has 1 aliphatic heterocycles. The van der Waals surface area contributed by atoms with Crippen LogP contribution in [0.25, 0.3) is 5.69 Å². The Labute approximate surface area is 162 Å². The molecule has 0 radical (unpaired) electrons. The lowest BCUT2D eigenvalue weighted by atomic mass is 10.1. The van der Waals surface area contributed by atoms with Gasteiger partial charge in [-0.25, -0.2) is 9.36 Å². The van der Waals surface area contributed by atoms with Gasteiger partial charge < -0.3 is 10.5 Å². The van der Waals surface area contributed by atoms with Gasteiger partial charge in [0.15, 0.2) is 0 Å². The molecular weight excluding hydrogens is 388 g/mol. The molecule has 0 unspecified atom stereocenters. The summed E-state index contributed by atoms with van der Waals surface area (Å²) in [6, 6.07) is 10.3. The van der Waals surface area contributed by atoms with Crippen molar-refractivity contribution in [2.24, 2.45) is 5.10 Å². The molecule has 7 nitrogen and oxygen atoms in total. The minimum atomic E-state index is -0.736. The summed E-state index contributed by atoms with van der Waals surface area (Å²) in [5.41, 5.74) is 2.35. The summed E-state index contributed by atoms with van der Waals surface area (Å²) in [4.78, 5) is 29.2. The highest BCUT2D eigenvalue weighted by atomic mass is 35.5. The van der Waals surface area contributed by atoms with Gasteiger partial charge in [0.25, 0.3) is 5.56 Å². The molecule has 0 aliphatic carbocycles. The first-order valence-corrected chi connectivity index (χ1v) is 9.36. The first-order valence-electron chi connectivity index (χ1n) is 8.17. The molecule has 0 fully saturated rings. The maximum Gasteiger partial charge on any atom is 0.335 e. The minimum absolute atomic E-state index is 0.0205. The van der Waals surface area contributed by atoms with Gasteiger partial charge in [-0.1, -0.05) is 11.6 Å². The molecule has 0 saturated carbocycles. The van der Waals surface area contributed by atoms with Crippen LogP contribution in [0.5, 0.6) is 5.88 Å². The molecule has 1 atom stereocenters. The number of aromatic nitrogens is 2. The monoisotopic (exact) mass is 402 g/mol. The van der Waals surface area contributed by atoms with E-state index in [-0.39, 0.29) is 11.6 Å². The molecule has 3 aromatic rings. The van der Waals surface area contributed by atoms with Gasteiger partial charge in [-0.2, -0.15) is 5.10 Å². The number of H-pyrrole nitrogens is 1. The number of aromatic hydroxyl groups is 1. The van der Waals surface area contributed by atoms with E-state index in [0.29, 0.717) is 22.8 Å². The first-order chi connectivity index (χ1) is 12.9. The van der Waals surface area contributed by atoms with Crippen LogP contribution in [-0.4, -0.2) is 20.4 Å². The van der Waals surface area contributed by atoms with E-state index in [0.717, 1.165) is 9.44 Å². The SMILES string of the molecule is Cc1ccc([C@@H]2CC(c3c(O)n(-c4ccc(Cl)cc4)c(=O)[nH]c3=O)=NN2)s1. The van der Waals surface area contributed by atoms with E-state index in [9.17, 15) is 14.7 Å². The molecule has 0 bridgehead atoms. The highest BCUT2D eigenvalue weighted by molar-refractivity contribution is 7.12. The zero-order chi connectivity index (χ0) is 19.1. The quantitative estimate of drug-likeness (QED) is 0.627. The summed E-state index contributed by atoms with van der Waals surface area (Å²) in [6.45, 7) is 2.02. The highest BCUT2D eigenvalue weighted by Gasteiger charge is 2.28. The molecule has 0 spiro atoms. The number of benzene rings is 1. The number of nitrogens with zero attached hydrogens (tertiary/aromatic N) is 2. The Bertz CT molecular complexity index is 1160. The number of aromatic amines is 1. The second-order valence-corrected chi connectivity index (χ2v) is 7.92. The molecule has 27 heavy (non-hydrogen) atoms. The van der Waals surface area contributed by atoms with Crippen LogP contribution in [0.15, 0.2) is 51.1 Å². The van der Waals surface area contributed by atoms with Crippen molar-refractivity contribution in [3.63, 3.8) is 0 Å². The van der Waals surface area contributed by atoms with E-state index < -0.39 is 17.1 Å². The minimum Gasteiger partial charge on any atom is -0.493 e. The van der Waals surface area contributed by atoms with Crippen LogP contribution in [0.1, 0.15) is 27.8 Å². The van der Waals surface area contributed by atoms with Crippen LogP contribution in [0.3, 0.4) is 0 Å². The number of nitrogens with one attached hydrogen (secondary N) is 2. The Kier molecular flexibility index (Phi) is 4.37. The smallest absolute Gasteiger partial charge is 0.335 e. The van der Waals surface area contributed by atoms with Gasteiger partial charge in [0.2, 0.25) is 5.88 Å². The number of halogens is 1. The molecule has 0 saturated heterocycles. The zero-order valence-electron chi connectivity index (χ0n) is 14.2. The number of rotatable bonds is 3. The number of hydrazone groups is 1. The van der Waals surface area contributed by atoms with Crippen molar-refractivity contribution in [1.82, 2.24) is 15.0 Å². The highest BCUT2D eigenvalue weighted by Crippen LogP contribution is 2.30. The Hall–Kier alpha value is -2.84. The van der Waals surface area contributed by atoms with Gasteiger partial charge in [0.1, 0.15) is 5.56 Å². The van der Waals surface area contributed by atoms with Crippen LogP contribution in [-0.2, 0) is 0 Å². The number of aryl methyl sites for hydroxylation is 1. The van der Waals surface area contributed by atoms with E-state index in [1.54, 1.807) is 35.6 Å². The maximum atomic E-state index is 12.4. The van der Waals surface area contributed by atoms with Crippen LogP contribution in [0.2, 0.25) is 5.02 Å². The molecule has 1 aromatic carbocycles. The fourth-order valence-corrected chi connectivity index (χ4v) is 4.07. The van der Waals surface area contributed by atoms with Crippen molar-refractivity contribution in [2.75, 3.05) is 0 Å². The second-order valence-electron chi connectivity index (χ2n) is 6.16. The van der Waals surface area contributed by atoms with Crippen molar-refractivity contribution in [3.05, 3.63) is 77.6 Å². The van der Waals surface area contributed by atoms with Gasteiger partial charge in [-0.15, -0.1) is 11.3 Å². The average molecular weight is 403 g/mol. The average Bonchev–Trinajstić information content (AvgIpc) is 3.25. The zero-order valence-corrected chi connectivity index (χ0v) is 15.8. The van der Waals surface area contributed by atoms with Crippen LogP contribution in [0, 0.1) is 6.92 Å². The third-order valence-corrected chi connectivity index (χ3v) is 5.68. The lowest BCUT2D eigenvalue weighted by Gasteiger charge is -2.11. The fraction of sp³-hybridized carbons (Fsp3) is 0.167. The molecule has 4 rings (SSSR count). The Morgan fingerprint density at radius 1 is 1.22 bits per heavy atom. The molecule has 1 aliphatic rings. The predicted octanol–water partition coefficient (Wildman–Crippen LogP) is 2.69. The topological polar surface area (TPSA) is 99.5 Å². The summed E-state index contributed by atoms with van der Waals surface area (Å²) < 4.78 is 1.03. The molecule has 0 amide bonds. The second kappa shape index (κ2) is 6.71. The number of thiophene rings is 1. The van der Waals surface area contributed by atoms with E-state index in [4.69, 9.17) is 11.6 Å². The predicted molar refractivity (Wildman–Crippen MR) is 105 cm³/mol. The van der Waals surface area contributed by atoms with Crippen molar-refractivity contribution in [2.45, 2.75) is 19.4 Å². The summed E-state index contributed by atoms with van der Waals surface area (Å²) in [5, 5.41) is 15.4. The van der Waals surface area contributed by atoms with E-state index in [1.165, 1.54) is 4.88 Å². The molecule has 2 aromatic heterocycles. The standard InChI is InChI=1S/C18H15ClN4O3S/c1-9-2-7-14(27-9)12-8-13(22-21-12)15-16(24)20-18(26)23(17(15)25)11-5-3-10(19)4-6-11/h2-7,12,21,25H,8H2,1H3,(H,20,24,26)/t12-/m0/s1. The van der Waals surface area contributed by atoms with Crippen LogP contribution in [0.4, 0.5) is 0 Å². The Morgan fingerprint density at radius 2 is 1.96 bits per heavy atom. The largest absolute Gasteiger partial charge is 0.493 e. The normalized spacial score (nSPS) is 16.2. The maximum absolute atomic E-state index is 12.4. The van der Waals surface area contributed by atoms with Crippen molar-refractivity contribution < 1.29 is 5.11 Å². The van der Waals surface area contributed by atoms with Gasteiger partial charge in [-0.05, 0) is 43.3 Å². The van der Waals surface area contributed by atoms with Gasteiger partial charge >= 0.3 is 5.69 Å². The van der Waals surface area contributed by atoms with E-state index >= 15 is 0 Å². The fourth-order valence-electron chi connectivity index (χ4n) is 3.02. The third kappa shape index (κ3) is 3.17. The third-order valence-electron chi connectivity index (χ3n) is 4.32. The summed E-state index contributed by atoms with van der Waals surface area (Å²) >= 11 is 7.52. The Morgan fingerprint density at radius 3 is 2.63 bits per heavy atom. The molecular formula is C18H15ClN4O3S. The molecule has 3 heterocycles. The van der Waals surface area contributed by atoms with Gasteiger partial charge in [0, 0.05) is 21.2 Å². The van der Waals surface area contributed by atoms with Crippen LogP contribution < -0.4 is 16.7 Å². The van der Waals surface area contributed by atoms with E-state index in [2.05, 4.69) is 15.5 Å². The summed E-state index contributed by atoms with van der Waals surface area (Å²) in [5.74, 6) is -0.449. The molecule has 3 N–H and O–H groups in total. The Balaban J connectivity index is 1.76. The first kappa shape index (κ1) is 17.6. The molecule has 138 valence electrons. The van der Waals surface area contributed by atoms with E-state index in [1.807, 2.05) is 19.1 Å². The number of hydrogen-bond acceptors (Lipinski definition) is 6.